The van der Waals surface area contributed by atoms with Gasteiger partial charge in [0.2, 0.25) is 17.2 Å². The first-order chi connectivity index (χ1) is 18.7. The summed E-state index contributed by atoms with van der Waals surface area (Å²) in [4.78, 5) is 41.5. The summed E-state index contributed by atoms with van der Waals surface area (Å²) in [6, 6.07) is 8.12. The van der Waals surface area contributed by atoms with E-state index in [1.807, 2.05) is 0 Å². The zero-order valence-electron chi connectivity index (χ0n) is 21.8. The Morgan fingerprint density at radius 1 is 1.10 bits per heavy atom. The zero-order chi connectivity index (χ0) is 29.8. The first-order valence-electron chi connectivity index (χ1n) is 11.6. The zero-order valence-corrected chi connectivity index (χ0v) is 23.3. The van der Waals surface area contributed by atoms with Crippen molar-refractivity contribution < 1.29 is 41.8 Å². The van der Waals surface area contributed by atoms with E-state index in [4.69, 9.17) is 47.6 Å². The minimum atomic E-state index is -1.44. The molecule has 10 nitrogen and oxygen atoms in total. The molecule has 14 heteroatoms. The predicted molar refractivity (Wildman–Crippen MR) is 140 cm³/mol. The molecule has 0 aliphatic rings. The van der Waals surface area contributed by atoms with Crippen LogP contribution >= 0.6 is 23.2 Å². The van der Waals surface area contributed by atoms with Gasteiger partial charge in [0, 0.05) is 17.6 Å². The van der Waals surface area contributed by atoms with Crippen LogP contribution in [0.2, 0.25) is 10.2 Å². The highest BCUT2D eigenvalue weighted by molar-refractivity contribution is 6.31. The highest BCUT2D eigenvalue weighted by Crippen LogP contribution is 2.34. The number of carbonyl (C=O) groups excluding carboxylic acids is 3. The lowest BCUT2D eigenvalue weighted by Crippen LogP contribution is -2.38. The molecule has 0 bridgehead atoms. The highest BCUT2D eigenvalue weighted by Gasteiger charge is 2.29. The van der Waals surface area contributed by atoms with Crippen LogP contribution in [0.1, 0.15) is 43.1 Å². The second-order valence-electron chi connectivity index (χ2n) is 9.41. The second kappa shape index (κ2) is 12.5. The Hall–Kier alpha value is -3.90. The Labute approximate surface area is 237 Å². The number of nitrogens with zero attached hydrogens (tertiary/aromatic N) is 2. The molecule has 2 amide bonds. The largest absolute Gasteiger partial charge is 0.474 e. The molecule has 0 saturated carbocycles. The lowest BCUT2D eigenvalue weighted by Gasteiger charge is -2.24. The standard InChI is InChI=1S/C26H25Cl2F2N3O7/c1-26(2,3)40-25(36)33(4)11-18(34)37-12-17(38-16-10-9-15(29)19(20(16)30)23(31)35)24-32-21(22(28)39-24)13-5-7-14(27)8-6-13/h5-10,17H,11-12H2,1-4H3,(H2,31,35). The molecule has 3 aromatic rings. The van der Waals surface area contributed by atoms with E-state index in [2.05, 4.69) is 4.98 Å². The molecule has 0 fully saturated rings. The van der Waals surface area contributed by atoms with E-state index in [0.29, 0.717) is 10.6 Å². The molecule has 1 aromatic heterocycles. The molecule has 1 atom stereocenters. The molecule has 0 radical (unpaired) electrons. The van der Waals surface area contributed by atoms with Crippen molar-refractivity contribution in [2.24, 2.45) is 5.73 Å². The van der Waals surface area contributed by atoms with Crippen LogP contribution in [0.4, 0.5) is 13.6 Å². The number of likely N-dealkylation sites (N-methyl/N-ethyl adjacent to an activating group) is 1. The van der Waals surface area contributed by atoms with Crippen molar-refractivity contribution in [3.63, 3.8) is 0 Å². The van der Waals surface area contributed by atoms with Gasteiger partial charge in [0.1, 0.15) is 35.8 Å². The molecule has 0 spiro atoms. The van der Waals surface area contributed by atoms with Gasteiger partial charge in [-0.15, -0.1) is 0 Å². The number of ether oxygens (including phenoxy) is 3. The minimum absolute atomic E-state index is 0.167. The summed E-state index contributed by atoms with van der Waals surface area (Å²) in [6.45, 7) is 3.88. The molecular formula is C26H25Cl2F2N3O7. The molecule has 0 aliphatic carbocycles. The number of amides is 2. The van der Waals surface area contributed by atoms with Gasteiger partial charge >= 0.3 is 12.1 Å². The monoisotopic (exact) mass is 599 g/mol. The van der Waals surface area contributed by atoms with Crippen LogP contribution in [0.5, 0.6) is 5.75 Å². The fourth-order valence-electron chi connectivity index (χ4n) is 3.21. The minimum Gasteiger partial charge on any atom is -0.474 e. The van der Waals surface area contributed by atoms with E-state index in [9.17, 15) is 23.2 Å². The maximum absolute atomic E-state index is 14.9. The summed E-state index contributed by atoms with van der Waals surface area (Å²) < 4.78 is 50.4. The lowest BCUT2D eigenvalue weighted by molar-refractivity contribution is -0.147. The fraction of sp³-hybridized carbons (Fsp3) is 0.308. The molecule has 214 valence electrons. The Morgan fingerprint density at radius 2 is 1.75 bits per heavy atom. The van der Waals surface area contributed by atoms with Crippen LogP contribution in [0.15, 0.2) is 40.8 Å². The van der Waals surface area contributed by atoms with Gasteiger partial charge in [-0.1, -0.05) is 23.7 Å². The second-order valence-corrected chi connectivity index (χ2v) is 10.2. The molecule has 1 unspecified atom stereocenters. The van der Waals surface area contributed by atoms with E-state index in [1.54, 1.807) is 45.0 Å². The molecule has 0 aliphatic heterocycles. The Morgan fingerprint density at radius 3 is 2.35 bits per heavy atom. The topological polar surface area (TPSA) is 134 Å². The number of nitrogens with two attached hydrogens (primary N) is 1. The van der Waals surface area contributed by atoms with Crippen molar-refractivity contribution in [1.29, 1.82) is 0 Å². The maximum atomic E-state index is 14.9. The summed E-state index contributed by atoms with van der Waals surface area (Å²) in [5.74, 6) is -5.68. The summed E-state index contributed by atoms with van der Waals surface area (Å²) >= 11 is 12.2. The lowest BCUT2D eigenvalue weighted by atomic mass is 10.1. The molecule has 3 rings (SSSR count). The molecule has 1 heterocycles. The molecule has 0 saturated heterocycles. The SMILES string of the molecule is CN(CC(=O)OCC(Oc1ccc(F)c(C(N)=O)c1F)c1nc(-c2ccc(Cl)cc2)c(Cl)o1)C(=O)OC(C)(C)C. The molecule has 40 heavy (non-hydrogen) atoms. The van der Waals surface area contributed by atoms with E-state index < -0.39 is 65.8 Å². The third-order valence-electron chi connectivity index (χ3n) is 5.03. The van der Waals surface area contributed by atoms with Crippen molar-refractivity contribution in [2.45, 2.75) is 32.5 Å². The smallest absolute Gasteiger partial charge is 0.410 e. The number of benzene rings is 2. The van der Waals surface area contributed by atoms with E-state index >= 15 is 0 Å². The first-order valence-corrected chi connectivity index (χ1v) is 12.4. The van der Waals surface area contributed by atoms with Gasteiger partial charge in [0.15, 0.2) is 11.6 Å². The number of hydrogen-bond acceptors (Lipinski definition) is 8. The van der Waals surface area contributed by atoms with Gasteiger partial charge < -0.3 is 29.3 Å². The third-order valence-corrected chi connectivity index (χ3v) is 5.54. The van der Waals surface area contributed by atoms with E-state index in [-0.39, 0.29) is 16.8 Å². The Kier molecular flexibility index (Phi) is 9.59. The van der Waals surface area contributed by atoms with Gasteiger partial charge in [-0.05, 0) is 56.6 Å². The van der Waals surface area contributed by atoms with Crippen molar-refractivity contribution in [1.82, 2.24) is 9.88 Å². The van der Waals surface area contributed by atoms with Gasteiger partial charge in [-0.3, -0.25) is 9.59 Å². The first kappa shape index (κ1) is 30.6. The van der Waals surface area contributed by atoms with Crippen molar-refractivity contribution in [3.8, 4) is 17.0 Å². The van der Waals surface area contributed by atoms with Crippen LogP contribution in [0.25, 0.3) is 11.3 Å². The number of oxazole rings is 1. The van der Waals surface area contributed by atoms with Crippen LogP contribution in [0, 0.1) is 11.6 Å². The van der Waals surface area contributed by atoms with Crippen molar-refractivity contribution >= 4 is 41.2 Å². The number of rotatable bonds is 9. The number of esters is 1. The van der Waals surface area contributed by atoms with Gasteiger partial charge in [0.25, 0.3) is 5.91 Å². The summed E-state index contributed by atoms with van der Waals surface area (Å²) in [6.07, 6.45) is -2.20. The maximum Gasteiger partial charge on any atom is 0.410 e. The van der Waals surface area contributed by atoms with Crippen LogP contribution < -0.4 is 10.5 Å². The highest BCUT2D eigenvalue weighted by atomic mass is 35.5. The Balaban J connectivity index is 1.87. The van der Waals surface area contributed by atoms with Gasteiger partial charge in [-0.25, -0.2) is 18.6 Å². The van der Waals surface area contributed by atoms with Crippen LogP contribution in [-0.2, 0) is 14.3 Å². The normalized spacial score (nSPS) is 12.0. The van der Waals surface area contributed by atoms with Crippen molar-refractivity contribution in [3.05, 3.63) is 69.7 Å². The molecular weight excluding hydrogens is 575 g/mol. The summed E-state index contributed by atoms with van der Waals surface area (Å²) in [5.41, 5.74) is 3.96. The number of hydrogen-bond donors (Lipinski definition) is 1. The molecule has 2 aromatic carbocycles. The number of primary amides is 1. The number of halogens is 4. The fourth-order valence-corrected chi connectivity index (χ4v) is 3.57. The number of aromatic nitrogens is 1. The van der Waals surface area contributed by atoms with E-state index in [1.165, 1.54) is 7.05 Å². The van der Waals surface area contributed by atoms with Crippen LogP contribution in [0.3, 0.4) is 0 Å². The quantitative estimate of drug-likeness (QED) is 0.316. The van der Waals surface area contributed by atoms with Gasteiger partial charge in [-0.2, -0.15) is 0 Å². The predicted octanol–water partition coefficient (Wildman–Crippen LogP) is 5.56. The van der Waals surface area contributed by atoms with E-state index in [0.717, 1.165) is 17.0 Å². The third kappa shape index (κ3) is 7.82. The average Bonchev–Trinajstić information content (AvgIpc) is 3.23. The average molecular weight is 600 g/mol. The number of carbonyl (C=O) groups is 3. The van der Waals surface area contributed by atoms with Crippen molar-refractivity contribution in [2.75, 3.05) is 20.2 Å². The van der Waals surface area contributed by atoms with Crippen LogP contribution in [-0.4, -0.2) is 53.7 Å². The summed E-state index contributed by atoms with van der Waals surface area (Å²) in [7, 11) is 1.33. The summed E-state index contributed by atoms with van der Waals surface area (Å²) in [5, 5.41) is 0.296. The molecule has 2 N–H and O–H groups in total. The Bertz CT molecular complexity index is 1410. The van der Waals surface area contributed by atoms with Gasteiger partial charge in [0.05, 0.1) is 0 Å².